The van der Waals surface area contributed by atoms with Crippen molar-refractivity contribution in [1.82, 2.24) is 20.0 Å². The molecule has 1 saturated heterocycles. The van der Waals surface area contributed by atoms with Gasteiger partial charge in [-0.1, -0.05) is 0 Å². The van der Waals surface area contributed by atoms with Gasteiger partial charge in [-0.15, -0.1) is 0 Å². The molecular formula is C17H22N4OS. The van der Waals surface area contributed by atoms with Crippen molar-refractivity contribution in [3.63, 3.8) is 0 Å². The van der Waals surface area contributed by atoms with E-state index in [4.69, 9.17) is 0 Å². The van der Waals surface area contributed by atoms with Crippen molar-refractivity contribution in [2.75, 3.05) is 13.1 Å². The third-order valence-electron chi connectivity index (χ3n) is 5.23. The van der Waals surface area contributed by atoms with Gasteiger partial charge in [0, 0.05) is 25.0 Å². The number of carbonyl (C=O) groups is 1. The van der Waals surface area contributed by atoms with Gasteiger partial charge in [0.25, 0.3) is 0 Å². The summed E-state index contributed by atoms with van der Waals surface area (Å²) in [5.41, 5.74) is 1.60. The maximum absolute atomic E-state index is 12.9. The number of piperidine rings is 1. The minimum atomic E-state index is 0.181. The van der Waals surface area contributed by atoms with Crippen LogP contribution in [0.4, 0.5) is 0 Å². The van der Waals surface area contributed by atoms with Gasteiger partial charge < -0.3 is 10.2 Å². The van der Waals surface area contributed by atoms with Crippen LogP contribution in [-0.4, -0.2) is 39.7 Å². The molecule has 1 saturated carbocycles. The summed E-state index contributed by atoms with van der Waals surface area (Å²) in [6.07, 6.45) is 7.11. The molecule has 1 N–H and O–H groups in total. The largest absolute Gasteiger partial charge is 0.333 e. The first kappa shape index (κ1) is 14.9. The molecule has 2 aliphatic rings. The first-order valence-electron chi connectivity index (χ1n) is 8.26. The van der Waals surface area contributed by atoms with Crippen molar-refractivity contribution in [3.8, 4) is 0 Å². The number of aromatic nitrogens is 2. The molecule has 0 bridgehead atoms. The van der Waals surface area contributed by atoms with Crippen molar-refractivity contribution in [2.24, 2.45) is 5.41 Å². The monoisotopic (exact) mass is 330 g/mol. The standard InChI is InChI=1S/C17H22N4OS/c22-16(12-20-8-1-5-19-20)21(11-14-2-9-23-13-14)15-10-17(15)3-6-18-7-4-17/h1-2,5,8-9,13,15,18H,3-4,6-7,10-12H2. The van der Waals surface area contributed by atoms with E-state index >= 15 is 0 Å². The summed E-state index contributed by atoms with van der Waals surface area (Å²) in [5, 5.41) is 11.8. The highest BCUT2D eigenvalue weighted by Crippen LogP contribution is 2.56. The molecule has 0 aromatic carbocycles. The number of rotatable bonds is 5. The molecule has 1 unspecified atom stereocenters. The van der Waals surface area contributed by atoms with E-state index < -0.39 is 0 Å². The Morgan fingerprint density at radius 2 is 2.35 bits per heavy atom. The fraction of sp³-hybridized carbons (Fsp3) is 0.529. The Morgan fingerprint density at radius 3 is 3.04 bits per heavy atom. The van der Waals surface area contributed by atoms with Crippen LogP contribution in [0.25, 0.3) is 0 Å². The molecule has 1 amide bonds. The Kier molecular flexibility index (Phi) is 3.95. The van der Waals surface area contributed by atoms with Crippen molar-refractivity contribution in [2.45, 2.75) is 38.4 Å². The first-order chi connectivity index (χ1) is 11.3. The lowest BCUT2D eigenvalue weighted by atomic mass is 9.93. The summed E-state index contributed by atoms with van der Waals surface area (Å²) in [4.78, 5) is 15.0. The van der Waals surface area contributed by atoms with E-state index in [9.17, 15) is 4.79 Å². The van der Waals surface area contributed by atoms with Crippen LogP contribution in [0.2, 0.25) is 0 Å². The number of amides is 1. The second-order valence-electron chi connectivity index (χ2n) is 6.69. The van der Waals surface area contributed by atoms with Crippen LogP contribution in [0, 0.1) is 5.41 Å². The quantitative estimate of drug-likeness (QED) is 0.913. The Hall–Kier alpha value is -1.66. The van der Waals surface area contributed by atoms with Gasteiger partial charge in [0.1, 0.15) is 6.54 Å². The number of nitrogens with zero attached hydrogens (tertiary/aromatic N) is 3. The average molecular weight is 330 g/mol. The number of nitrogens with one attached hydrogen (secondary N) is 1. The van der Waals surface area contributed by atoms with Gasteiger partial charge in [-0.05, 0) is 66.2 Å². The molecule has 122 valence electrons. The zero-order valence-electron chi connectivity index (χ0n) is 13.1. The Bertz CT molecular complexity index is 646. The minimum absolute atomic E-state index is 0.181. The fourth-order valence-corrected chi connectivity index (χ4v) is 4.46. The van der Waals surface area contributed by atoms with E-state index in [1.54, 1.807) is 22.2 Å². The smallest absolute Gasteiger partial charge is 0.244 e. The normalized spacial score (nSPS) is 22.2. The van der Waals surface area contributed by atoms with Crippen LogP contribution >= 0.6 is 11.3 Å². The van der Waals surface area contributed by atoms with Gasteiger partial charge in [-0.3, -0.25) is 9.48 Å². The van der Waals surface area contributed by atoms with Crippen molar-refractivity contribution in [1.29, 1.82) is 0 Å². The topological polar surface area (TPSA) is 50.2 Å². The molecule has 2 aromatic rings. The lowest BCUT2D eigenvalue weighted by molar-refractivity contribution is -0.134. The lowest BCUT2D eigenvalue weighted by Gasteiger charge is -2.29. The molecule has 6 heteroatoms. The van der Waals surface area contributed by atoms with E-state index in [1.807, 2.05) is 12.3 Å². The van der Waals surface area contributed by atoms with E-state index in [2.05, 4.69) is 32.1 Å². The van der Waals surface area contributed by atoms with Crippen LogP contribution in [0.15, 0.2) is 35.3 Å². The molecular weight excluding hydrogens is 308 g/mol. The number of hydrogen-bond acceptors (Lipinski definition) is 4. The lowest BCUT2D eigenvalue weighted by Crippen LogP contribution is -2.40. The molecule has 1 aliphatic carbocycles. The predicted octanol–water partition coefficient (Wildman–Crippen LogP) is 2.12. The van der Waals surface area contributed by atoms with Gasteiger partial charge in [-0.25, -0.2) is 0 Å². The molecule has 4 rings (SSSR count). The van der Waals surface area contributed by atoms with Gasteiger partial charge in [0.15, 0.2) is 0 Å². The Balaban J connectivity index is 1.51. The van der Waals surface area contributed by atoms with Crippen LogP contribution < -0.4 is 5.32 Å². The molecule has 1 aliphatic heterocycles. The molecule has 3 heterocycles. The molecule has 2 aromatic heterocycles. The summed E-state index contributed by atoms with van der Waals surface area (Å²) in [7, 11) is 0. The Labute approximate surface area is 140 Å². The second kappa shape index (κ2) is 6.09. The van der Waals surface area contributed by atoms with E-state index in [0.717, 1.165) is 26.1 Å². The summed E-state index contributed by atoms with van der Waals surface area (Å²) >= 11 is 1.69. The van der Waals surface area contributed by atoms with Crippen LogP contribution in [-0.2, 0) is 17.9 Å². The van der Waals surface area contributed by atoms with Gasteiger partial charge in [-0.2, -0.15) is 16.4 Å². The van der Waals surface area contributed by atoms with Crippen LogP contribution in [0.1, 0.15) is 24.8 Å². The highest BCUT2D eigenvalue weighted by molar-refractivity contribution is 7.07. The van der Waals surface area contributed by atoms with Crippen molar-refractivity contribution < 1.29 is 4.79 Å². The third-order valence-corrected chi connectivity index (χ3v) is 5.96. The van der Waals surface area contributed by atoms with E-state index in [1.165, 1.54) is 18.4 Å². The molecule has 2 fully saturated rings. The Morgan fingerprint density at radius 1 is 1.48 bits per heavy atom. The molecule has 0 radical (unpaired) electrons. The molecule has 5 nitrogen and oxygen atoms in total. The van der Waals surface area contributed by atoms with Gasteiger partial charge >= 0.3 is 0 Å². The maximum Gasteiger partial charge on any atom is 0.244 e. The first-order valence-corrected chi connectivity index (χ1v) is 9.20. The average Bonchev–Trinajstić information content (AvgIpc) is 2.99. The van der Waals surface area contributed by atoms with Crippen molar-refractivity contribution in [3.05, 3.63) is 40.8 Å². The SMILES string of the molecule is O=C(Cn1cccn1)N(Cc1ccsc1)C1CC12CCNCC2. The van der Waals surface area contributed by atoms with Gasteiger partial charge in [0.05, 0.1) is 0 Å². The third kappa shape index (κ3) is 3.05. The van der Waals surface area contributed by atoms with E-state index in [-0.39, 0.29) is 5.91 Å². The number of hydrogen-bond donors (Lipinski definition) is 1. The zero-order valence-corrected chi connectivity index (χ0v) is 14.0. The zero-order chi connectivity index (χ0) is 15.7. The summed E-state index contributed by atoms with van der Waals surface area (Å²) in [6, 6.07) is 4.38. The highest BCUT2D eigenvalue weighted by Gasteiger charge is 2.57. The van der Waals surface area contributed by atoms with E-state index in [0.29, 0.717) is 18.0 Å². The van der Waals surface area contributed by atoms with Gasteiger partial charge in [0.2, 0.25) is 5.91 Å². The van der Waals surface area contributed by atoms with Crippen molar-refractivity contribution >= 4 is 17.2 Å². The second-order valence-corrected chi connectivity index (χ2v) is 7.47. The van der Waals surface area contributed by atoms with Crippen LogP contribution in [0.5, 0.6) is 0 Å². The fourth-order valence-electron chi connectivity index (χ4n) is 3.80. The highest BCUT2D eigenvalue weighted by atomic mass is 32.1. The molecule has 23 heavy (non-hydrogen) atoms. The summed E-state index contributed by atoms with van der Waals surface area (Å²) in [6.45, 7) is 3.22. The molecule has 1 spiro atoms. The van der Waals surface area contributed by atoms with Crippen LogP contribution in [0.3, 0.4) is 0 Å². The summed E-state index contributed by atoms with van der Waals surface area (Å²) < 4.78 is 1.72. The minimum Gasteiger partial charge on any atom is -0.333 e. The predicted molar refractivity (Wildman–Crippen MR) is 90.0 cm³/mol. The number of thiophene rings is 1. The summed E-state index contributed by atoms with van der Waals surface area (Å²) in [5.74, 6) is 0.181. The molecule has 1 atom stereocenters. The number of carbonyl (C=O) groups excluding carboxylic acids is 1. The maximum atomic E-state index is 12.9.